The maximum atomic E-state index is 14.5. The Bertz CT molecular complexity index is 1180. The average molecular weight is 504 g/mol. The van der Waals surface area contributed by atoms with Crippen molar-refractivity contribution in [3.05, 3.63) is 58.2 Å². The summed E-state index contributed by atoms with van der Waals surface area (Å²) in [5.74, 6) is 0.0202. The summed E-state index contributed by atoms with van der Waals surface area (Å²) in [6, 6.07) is 8.09. The number of nitrogens with one attached hydrogen (secondary N) is 1. The van der Waals surface area contributed by atoms with E-state index in [1.54, 1.807) is 27.7 Å². The van der Waals surface area contributed by atoms with Gasteiger partial charge in [0.2, 0.25) is 5.91 Å². The molecule has 1 aliphatic rings. The zero-order valence-electron chi connectivity index (χ0n) is 20.1. The van der Waals surface area contributed by atoms with Gasteiger partial charge in [0, 0.05) is 61.5 Å². The van der Waals surface area contributed by atoms with Crippen LogP contribution in [0.25, 0.3) is 11.1 Å². The molecular weight excluding hydrogens is 473 g/mol. The summed E-state index contributed by atoms with van der Waals surface area (Å²) in [6.45, 7) is 6.71. The first-order valence-corrected chi connectivity index (χ1v) is 12.4. The zero-order valence-corrected chi connectivity index (χ0v) is 20.9. The third-order valence-corrected chi connectivity index (χ3v) is 6.79. The second kappa shape index (κ2) is 11.3. The first kappa shape index (κ1) is 25.3. The van der Waals surface area contributed by atoms with Crippen LogP contribution in [-0.2, 0) is 16.1 Å². The van der Waals surface area contributed by atoms with Gasteiger partial charge < -0.3 is 23.9 Å². The number of aryl methyl sites for hydroxylation is 1. The topological polar surface area (TPSA) is 76.7 Å². The third-order valence-electron chi connectivity index (χ3n) is 6.43. The molecule has 0 unspecified atom stereocenters. The highest BCUT2D eigenvalue weighted by Crippen LogP contribution is 2.29. The second-order valence-corrected chi connectivity index (χ2v) is 9.24. The van der Waals surface area contributed by atoms with Crippen LogP contribution in [-0.4, -0.2) is 54.1 Å². The first-order chi connectivity index (χ1) is 16.9. The van der Waals surface area contributed by atoms with Crippen LogP contribution in [0.15, 0.2) is 34.7 Å². The lowest BCUT2D eigenvalue weighted by atomic mass is 9.95. The Labute approximate surface area is 209 Å². The molecule has 0 saturated carbocycles. The number of carbonyl (C=O) groups is 2. The van der Waals surface area contributed by atoms with Gasteiger partial charge in [-0.1, -0.05) is 17.7 Å². The molecular formula is C26H31ClFN3O4. The van der Waals surface area contributed by atoms with Crippen LogP contribution >= 0.6 is 11.6 Å². The van der Waals surface area contributed by atoms with E-state index in [0.717, 1.165) is 6.42 Å². The van der Waals surface area contributed by atoms with Crippen molar-refractivity contribution < 1.29 is 23.1 Å². The monoisotopic (exact) mass is 503 g/mol. The van der Waals surface area contributed by atoms with Crippen molar-refractivity contribution in [1.29, 1.82) is 0 Å². The number of nitrogens with zero attached hydrogens (tertiary/aromatic N) is 2. The Hall–Kier alpha value is -2.84. The van der Waals surface area contributed by atoms with Gasteiger partial charge in [0.1, 0.15) is 17.3 Å². The number of aromatic nitrogens is 1. The van der Waals surface area contributed by atoms with Gasteiger partial charge in [-0.05, 0) is 45.2 Å². The Morgan fingerprint density at radius 2 is 2.03 bits per heavy atom. The van der Waals surface area contributed by atoms with Gasteiger partial charge in [-0.3, -0.25) is 9.59 Å². The number of furan rings is 1. The molecule has 188 valence electrons. The highest BCUT2D eigenvalue weighted by molar-refractivity contribution is 6.31. The summed E-state index contributed by atoms with van der Waals surface area (Å²) in [7, 11) is 0. The quantitative estimate of drug-likeness (QED) is 0.426. The molecule has 3 aromatic rings. The SMILES string of the molecule is CCOCCCNC(=O)C1CCN(C(=O)c2cc3oc(C)cc3n2Cc2c(F)cccc2Cl)CC1. The van der Waals surface area contributed by atoms with E-state index >= 15 is 0 Å². The lowest BCUT2D eigenvalue weighted by molar-refractivity contribution is -0.126. The van der Waals surface area contributed by atoms with Gasteiger partial charge in [0.15, 0.2) is 5.58 Å². The number of ether oxygens (including phenoxy) is 1. The lowest BCUT2D eigenvalue weighted by Crippen LogP contribution is -2.43. The molecule has 1 N–H and O–H groups in total. The minimum atomic E-state index is -0.425. The average Bonchev–Trinajstić information content (AvgIpc) is 3.37. The minimum Gasteiger partial charge on any atom is -0.460 e. The summed E-state index contributed by atoms with van der Waals surface area (Å²) in [4.78, 5) is 27.7. The molecule has 35 heavy (non-hydrogen) atoms. The maximum Gasteiger partial charge on any atom is 0.270 e. The summed E-state index contributed by atoms with van der Waals surface area (Å²) < 4.78 is 27.4. The zero-order chi connectivity index (χ0) is 24.9. The van der Waals surface area contributed by atoms with E-state index < -0.39 is 5.82 Å². The fourth-order valence-electron chi connectivity index (χ4n) is 4.54. The van der Waals surface area contributed by atoms with Crippen LogP contribution in [0.1, 0.15) is 48.0 Å². The van der Waals surface area contributed by atoms with Crippen LogP contribution < -0.4 is 5.32 Å². The number of fused-ring (bicyclic) bond motifs is 1. The van der Waals surface area contributed by atoms with Crippen molar-refractivity contribution in [3.63, 3.8) is 0 Å². The van der Waals surface area contributed by atoms with Crippen LogP contribution in [0.2, 0.25) is 5.02 Å². The molecule has 4 rings (SSSR count). The number of rotatable bonds is 9. The van der Waals surface area contributed by atoms with Crippen molar-refractivity contribution >= 4 is 34.5 Å². The van der Waals surface area contributed by atoms with E-state index in [9.17, 15) is 14.0 Å². The second-order valence-electron chi connectivity index (χ2n) is 8.83. The molecule has 7 nitrogen and oxygen atoms in total. The molecule has 1 fully saturated rings. The number of piperidine rings is 1. The molecule has 1 aliphatic heterocycles. The predicted molar refractivity (Wildman–Crippen MR) is 132 cm³/mol. The van der Waals surface area contributed by atoms with Crippen molar-refractivity contribution in [2.45, 2.75) is 39.7 Å². The molecule has 0 spiro atoms. The molecule has 2 aromatic heterocycles. The van der Waals surface area contributed by atoms with Crippen molar-refractivity contribution in [2.24, 2.45) is 5.92 Å². The smallest absolute Gasteiger partial charge is 0.270 e. The number of hydrogen-bond acceptors (Lipinski definition) is 4. The molecule has 1 aromatic carbocycles. The minimum absolute atomic E-state index is 0.0270. The van der Waals surface area contributed by atoms with Gasteiger partial charge >= 0.3 is 0 Å². The van der Waals surface area contributed by atoms with E-state index in [1.807, 2.05) is 19.9 Å². The number of likely N-dealkylation sites (tertiary alicyclic amines) is 1. The standard InChI is InChI=1S/C26H31ClFN3O4/c1-3-34-13-5-10-29-25(32)18-8-11-30(12-9-18)26(33)23-15-24-22(14-17(2)35-24)31(23)16-19-20(27)6-4-7-21(19)28/h4,6-7,14-15,18H,3,5,8-13,16H2,1-2H3,(H,29,32). The number of carbonyl (C=O) groups excluding carboxylic acids is 2. The van der Waals surface area contributed by atoms with E-state index in [1.165, 1.54) is 6.07 Å². The molecule has 0 atom stereocenters. The highest BCUT2D eigenvalue weighted by atomic mass is 35.5. The maximum absolute atomic E-state index is 14.5. The van der Waals surface area contributed by atoms with Crippen LogP contribution in [0.5, 0.6) is 0 Å². The van der Waals surface area contributed by atoms with Gasteiger partial charge in [0.05, 0.1) is 12.1 Å². The van der Waals surface area contributed by atoms with Gasteiger partial charge in [-0.25, -0.2) is 4.39 Å². The molecule has 0 bridgehead atoms. The molecule has 3 heterocycles. The number of amides is 2. The van der Waals surface area contributed by atoms with E-state index in [0.29, 0.717) is 78.8 Å². The van der Waals surface area contributed by atoms with Crippen LogP contribution in [0.4, 0.5) is 4.39 Å². The molecule has 2 amide bonds. The summed E-state index contributed by atoms with van der Waals surface area (Å²) in [5, 5.41) is 3.27. The molecule has 9 heteroatoms. The first-order valence-electron chi connectivity index (χ1n) is 12.1. The van der Waals surface area contributed by atoms with Crippen molar-refractivity contribution in [3.8, 4) is 0 Å². The summed E-state index contributed by atoms with van der Waals surface area (Å²) in [5.41, 5.74) is 2.02. The number of hydrogen-bond donors (Lipinski definition) is 1. The number of benzene rings is 1. The fraction of sp³-hybridized carbons (Fsp3) is 0.462. The van der Waals surface area contributed by atoms with Crippen molar-refractivity contribution in [1.82, 2.24) is 14.8 Å². The van der Waals surface area contributed by atoms with Crippen LogP contribution in [0, 0.1) is 18.7 Å². The third kappa shape index (κ3) is 5.70. The Morgan fingerprint density at radius 3 is 2.74 bits per heavy atom. The normalized spacial score (nSPS) is 14.6. The highest BCUT2D eigenvalue weighted by Gasteiger charge is 2.30. The Balaban J connectivity index is 1.45. The molecule has 0 aliphatic carbocycles. The van der Waals surface area contributed by atoms with Gasteiger partial charge in [-0.2, -0.15) is 0 Å². The van der Waals surface area contributed by atoms with E-state index in [-0.39, 0.29) is 24.3 Å². The van der Waals surface area contributed by atoms with Gasteiger partial charge in [0.25, 0.3) is 5.91 Å². The summed E-state index contributed by atoms with van der Waals surface area (Å²) >= 11 is 6.27. The van der Waals surface area contributed by atoms with Crippen LogP contribution in [0.3, 0.4) is 0 Å². The fourth-order valence-corrected chi connectivity index (χ4v) is 4.76. The van der Waals surface area contributed by atoms with Gasteiger partial charge in [-0.15, -0.1) is 0 Å². The Morgan fingerprint density at radius 1 is 1.26 bits per heavy atom. The summed E-state index contributed by atoms with van der Waals surface area (Å²) in [6.07, 6.45) is 1.97. The van der Waals surface area contributed by atoms with E-state index in [4.69, 9.17) is 20.8 Å². The Kier molecular flexibility index (Phi) is 8.13. The molecule has 1 saturated heterocycles. The predicted octanol–water partition coefficient (Wildman–Crippen LogP) is 4.78. The largest absolute Gasteiger partial charge is 0.460 e. The van der Waals surface area contributed by atoms with Crippen molar-refractivity contribution in [2.75, 3.05) is 32.8 Å². The lowest BCUT2D eigenvalue weighted by Gasteiger charge is -2.31. The molecule has 0 radical (unpaired) electrons. The number of halogens is 2. The van der Waals surface area contributed by atoms with E-state index in [2.05, 4.69) is 5.32 Å².